The lowest BCUT2D eigenvalue weighted by Crippen LogP contribution is -2.39. The number of ether oxygens (including phenoxy) is 2. The van der Waals surface area contributed by atoms with Crippen molar-refractivity contribution in [1.29, 1.82) is 0 Å². The van der Waals surface area contributed by atoms with Gasteiger partial charge < -0.3 is 14.8 Å². The van der Waals surface area contributed by atoms with Crippen molar-refractivity contribution in [3.05, 3.63) is 0 Å². The third-order valence-electron chi connectivity index (χ3n) is 1.50. The molecule has 0 aliphatic rings. The summed E-state index contributed by atoms with van der Waals surface area (Å²) in [5, 5.41) is 2.75. The van der Waals surface area contributed by atoms with Crippen LogP contribution < -0.4 is 5.32 Å². The first-order valence-electron chi connectivity index (χ1n) is 4.52. The van der Waals surface area contributed by atoms with Crippen LogP contribution in [-0.2, 0) is 14.3 Å². The van der Waals surface area contributed by atoms with Crippen molar-refractivity contribution in [3.63, 3.8) is 0 Å². The molecule has 0 radical (unpaired) electrons. The Kier molecular flexibility index (Phi) is 7.13. The van der Waals surface area contributed by atoms with Gasteiger partial charge in [0.05, 0.1) is 24.1 Å². The molecular formula is C9H18BrNO3. The van der Waals surface area contributed by atoms with E-state index in [0.29, 0.717) is 26.4 Å². The van der Waals surface area contributed by atoms with E-state index < -0.39 is 4.32 Å². The second-order valence-corrected chi connectivity index (χ2v) is 5.32. The predicted octanol–water partition coefficient (Wildman–Crippen LogP) is 0.939. The third-order valence-corrected chi connectivity index (χ3v) is 1.86. The highest BCUT2D eigenvalue weighted by atomic mass is 79.9. The van der Waals surface area contributed by atoms with Crippen molar-refractivity contribution in [2.24, 2.45) is 0 Å². The highest BCUT2D eigenvalue weighted by Crippen LogP contribution is 2.14. The van der Waals surface area contributed by atoms with Gasteiger partial charge in [-0.25, -0.2) is 0 Å². The fourth-order valence-electron chi connectivity index (χ4n) is 0.691. The van der Waals surface area contributed by atoms with Crippen molar-refractivity contribution in [2.45, 2.75) is 18.2 Å². The maximum Gasteiger partial charge on any atom is 0.236 e. The van der Waals surface area contributed by atoms with E-state index in [-0.39, 0.29) is 5.91 Å². The molecule has 0 aromatic carbocycles. The molecule has 0 aromatic heterocycles. The van der Waals surface area contributed by atoms with Crippen LogP contribution in [0.4, 0.5) is 0 Å². The van der Waals surface area contributed by atoms with E-state index in [1.165, 1.54) is 0 Å². The lowest BCUT2D eigenvalue weighted by molar-refractivity contribution is -0.122. The number of carbonyl (C=O) groups is 1. The summed E-state index contributed by atoms with van der Waals surface area (Å²) in [6, 6.07) is 0. The minimum atomic E-state index is -0.514. The first-order valence-corrected chi connectivity index (χ1v) is 5.31. The van der Waals surface area contributed by atoms with Crippen LogP contribution in [0.2, 0.25) is 0 Å². The minimum Gasteiger partial charge on any atom is -0.382 e. The molecule has 0 saturated carbocycles. The molecule has 5 heteroatoms. The van der Waals surface area contributed by atoms with Crippen LogP contribution >= 0.6 is 15.9 Å². The van der Waals surface area contributed by atoms with Crippen LogP contribution in [0.25, 0.3) is 0 Å². The highest BCUT2D eigenvalue weighted by molar-refractivity contribution is 9.10. The first kappa shape index (κ1) is 13.9. The maximum atomic E-state index is 11.3. The number of alkyl halides is 1. The predicted molar refractivity (Wildman–Crippen MR) is 58.7 cm³/mol. The van der Waals surface area contributed by atoms with Crippen molar-refractivity contribution < 1.29 is 14.3 Å². The van der Waals surface area contributed by atoms with Gasteiger partial charge in [0.2, 0.25) is 5.91 Å². The van der Waals surface area contributed by atoms with E-state index in [2.05, 4.69) is 21.2 Å². The second-order valence-electron chi connectivity index (χ2n) is 3.33. The van der Waals surface area contributed by atoms with E-state index >= 15 is 0 Å². The molecule has 0 heterocycles. The van der Waals surface area contributed by atoms with Crippen molar-refractivity contribution >= 4 is 21.8 Å². The normalized spacial score (nSPS) is 11.4. The van der Waals surface area contributed by atoms with E-state index in [0.717, 1.165) is 0 Å². The maximum absolute atomic E-state index is 11.3. The van der Waals surface area contributed by atoms with Gasteiger partial charge in [-0.15, -0.1) is 0 Å². The lowest BCUT2D eigenvalue weighted by Gasteiger charge is -2.15. The number of carbonyl (C=O) groups excluding carboxylic acids is 1. The fraction of sp³-hybridized carbons (Fsp3) is 0.889. The second kappa shape index (κ2) is 7.20. The van der Waals surface area contributed by atoms with E-state index in [1.54, 1.807) is 21.0 Å². The van der Waals surface area contributed by atoms with Gasteiger partial charge in [0.15, 0.2) is 0 Å². The topological polar surface area (TPSA) is 47.6 Å². The zero-order chi connectivity index (χ0) is 11.0. The SMILES string of the molecule is COCCOCCNC(=O)C(C)(C)Br. The van der Waals surface area contributed by atoms with Crippen LogP contribution in [0.15, 0.2) is 0 Å². The minimum absolute atomic E-state index is 0.0344. The van der Waals surface area contributed by atoms with E-state index in [1.807, 2.05) is 0 Å². The summed E-state index contributed by atoms with van der Waals surface area (Å²) in [4.78, 5) is 11.3. The molecule has 14 heavy (non-hydrogen) atoms. The summed E-state index contributed by atoms with van der Waals surface area (Å²) >= 11 is 3.27. The molecule has 0 fully saturated rings. The average Bonchev–Trinajstić information content (AvgIpc) is 2.09. The zero-order valence-electron chi connectivity index (χ0n) is 8.93. The van der Waals surface area contributed by atoms with Gasteiger partial charge in [0, 0.05) is 13.7 Å². The number of nitrogens with one attached hydrogen (secondary N) is 1. The molecular weight excluding hydrogens is 250 g/mol. The smallest absolute Gasteiger partial charge is 0.236 e. The van der Waals surface area contributed by atoms with Gasteiger partial charge in [0.1, 0.15) is 0 Å². The van der Waals surface area contributed by atoms with E-state index in [4.69, 9.17) is 9.47 Å². The third kappa shape index (κ3) is 7.29. The number of amides is 1. The Morgan fingerprint density at radius 3 is 2.50 bits per heavy atom. The van der Waals surface area contributed by atoms with Crippen LogP contribution in [0.5, 0.6) is 0 Å². The van der Waals surface area contributed by atoms with Crippen LogP contribution in [-0.4, -0.2) is 43.7 Å². The van der Waals surface area contributed by atoms with Gasteiger partial charge >= 0.3 is 0 Å². The van der Waals surface area contributed by atoms with Crippen molar-refractivity contribution in [1.82, 2.24) is 5.32 Å². The number of hydrogen-bond acceptors (Lipinski definition) is 3. The Hall–Kier alpha value is -0.130. The molecule has 0 aliphatic carbocycles. The Balaban J connectivity index is 3.33. The molecule has 0 unspecified atom stereocenters. The summed E-state index contributed by atoms with van der Waals surface area (Å²) in [5.41, 5.74) is 0. The van der Waals surface area contributed by atoms with E-state index in [9.17, 15) is 4.79 Å². The summed E-state index contributed by atoms with van der Waals surface area (Å²) < 4.78 is 9.47. The van der Waals surface area contributed by atoms with Gasteiger partial charge in [-0.1, -0.05) is 15.9 Å². The van der Waals surface area contributed by atoms with Gasteiger partial charge in [-0.3, -0.25) is 4.79 Å². The Morgan fingerprint density at radius 1 is 1.36 bits per heavy atom. The number of methoxy groups -OCH3 is 1. The van der Waals surface area contributed by atoms with Crippen LogP contribution in [0.1, 0.15) is 13.8 Å². The Morgan fingerprint density at radius 2 is 2.00 bits per heavy atom. The molecule has 0 aromatic rings. The summed E-state index contributed by atoms with van der Waals surface area (Å²) in [7, 11) is 1.62. The largest absolute Gasteiger partial charge is 0.382 e. The summed E-state index contributed by atoms with van der Waals surface area (Å²) in [6.45, 7) is 5.78. The summed E-state index contributed by atoms with van der Waals surface area (Å²) in [5.74, 6) is -0.0344. The first-order chi connectivity index (χ1) is 6.48. The van der Waals surface area contributed by atoms with Crippen molar-refractivity contribution in [2.75, 3.05) is 33.5 Å². The fourth-order valence-corrected chi connectivity index (χ4v) is 0.831. The standard InChI is InChI=1S/C9H18BrNO3/c1-9(2,10)8(12)11-4-5-14-7-6-13-3/h4-7H2,1-3H3,(H,11,12). The van der Waals surface area contributed by atoms with Gasteiger partial charge in [-0.2, -0.15) is 0 Å². The molecule has 4 nitrogen and oxygen atoms in total. The monoisotopic (exact) mass is 267 g/mol. The molecule has 0 aliphatic heterocycles. The Labute approximate surface area is 93.5 Å². The number of halogens is 1. The Bertz CT molecular complexity index is 168. The molecule has 1 N–H and O–H groups in total. The lowest BCUT2D eigenvalue weighted by atomic mass is 10.2. The van der Waals surface area contributed by atoms with Gasteiger partial charge in [0.25, 0.3) is 0 Å². The van der Waals surface area contributed by atoms with Crippen LogP contribution in [0.3, 0.4) is 0 Å². The molecule has 0 bridgehead atoms. The molecule has 84 valence electrons. The average molecular weight is 268 g/mol. The number of rotatable bonds is 7. The van der Waals surface area contributed by atoms with Crippen molar-refractivity contribution in [3.8, 4) is 0 Å². The highest BCUT2D eigenvalue weighted by Gasteiger charge is 2.22. The molecule has 1 amide bonds. The number of hydrogen-bond donors (Lipinski definition) is 1. The summed E-state index contributed by atoms with van der Waals surface area (Å²) in [6.07, 6.45) is 0. The van der Waals surface area contributed by atoms with Gasteiger partial charge in [-0.05, 0) is 13.8 Å². The van der Waals surface area contributed by atoms with Crippen LogP contribution in [0, 0.1) is 0 Å². The molecule has 0 saturated heterocycles. The molecule has 0 rings (SSSR count). The molecule has 0 atom stereocenters. The molecule has 0 spiro atoms. The zero-order valence-corrected chi connectivity index (χ0v) is 10.5. The quantitative estimate of drug-likeness (QED) is 0.552.